The van der Waals surface area contributed by atoms with Gasteiger partial charge >= 0.3 is 0 Å². The molecule has 164 valence electrons. The molecule has 0 fully saturated rings. The van der Waals surface area contributed by atoms with Gasteiger partial charge in [-0.25, -0.2) is 19.2 Å². The van der Waals surface area contributed by atoms with E-state index in [-0.39, 0.29) is 18.6 Å². The van der Waals surface area contributed by atoms with Crippen LogP contribution >= 0.6 is 0 Å². The zero-order valence-electron chi connectivity index (χ0n) is 17.4. The molecule has 1 heterocycles. The van der Waals surface area contributed by atoms with Crippen molar-refractivity contribution in [1.82, 2.24) is 20.7 Å². The summed E-state index contributed by atoms with van der Waals surface area (Å²) < 4.78 is 24.6. The number of carbonyl (C=O) groups is 2. The molecule has 0 bridgehead atoms. The molecule has 5 N–H and O–H groups in total. The molecule has 1 aromatic heterocycles. The van der Waals surface area contributed by atoms with Crippen LogP contribution in [0.5, 0.6) is 0 Å². The fraction of sp³-hybridized carbons (Fsp3) is 0.450. The first-order valence-corrected chi connectivity index (χ1v) is 11.2. The molecule has 2 atom stereocenters. The predicted molar refractivity (Wildman–Crippen MR) is 114 cm³/mol. The molecule has 0 saturated carbocycles. The zero-order valence-corrected chi connectivity index (χ0v) is 18.2. The second-order valence-electron chi connectivity index (χ2n) is 8.11. The standard InChI is InChI=1S/C20H29N5O4S/c1-20(2,3)30(28,29)12-15(9-14-7-5-4-6-8-14)18(26)24-17(19(27)25-21)10-16-11-22-13-23-16/h4-8,11,13,15,17H,9-10,12,21H2,1-3H3,(H,22,23)(H,24,26)(H,25,27)/t15?,17-/m0/s1. The van der Waals surface area contributed by atoms with E-state index in [2.05, 4.69) is 15.3 Å². The van der Waals surface area contributed by atoms with Crippen LogP contribution in [0.25, 0.3) is 0 Å². The van der Waals surface area contributed by atoms with E-state index >= 15 is 0 Å². The lowest BCUT2D eigenvalue weighted by Gasteiger charge is -2.25. The van der Waals surface area contributed by atoms with Crippen LogP contribution in [0.3, 0.4) is 0 Å². The molecule has 0 saturated heterocycles. The van der Waals surface area contributed by atoms with Gasteiger partial charge in [0.25, 0.3) is 5.91 Å². The fourth-order valence-electron chi connectivity index (χ4n) is 2.85. The largest absolute Gasteiger partial charge is 0.351 e. The average molecular weight is 436 g/mol. The maximum absolute atomic E-state index is 13.1. The van der Waals surface area contributed by atoms with Gasteiger partial charge in [-0.3, -0.25) is 15.0 Å². The van der Waals surface area contributed by atoms with E-state index in [0.29, 0.717) is 5.69 Å². The van der Waals surface area contributed by atoms with Gasteiger partial charge in [-0.2, -0.15) is 0 Å². The van der Waals surface area contributed by atoms with Gasteiger partial charge in [0, 0.05) is 12.6 Å². The Morgan fingerprint density at radius 3 is 2.33 bits per heavy atom. The van der Waals surface area contributed by atoms with Crippen molar-refractivity contribution < 1.29 is 18.0 Å². The lowest BCUT2D eigenvalue weighted by Crippen LogP contribution is -2.52. The van der Waals surface area contributed by atoms with E-state index in [9.17, 15) is 18.0 Å². The Hall–Kier alpha value is -2.72. The van der Waals surface area contributed by atoms with Crippen LogP contribution in [0.15, 0.2) is 42.9 Å². The molecular formula is C20H29N5O4S. The monoisotopic (exact) mass is 435 g/mol. The summed E-state index contributed by atoms with van der Waals surface area (Å²) in [5, 5.41) is 2.65. The summed E-state index contributed by atoms with van der Waals surface area (Å²) in [7, 11) is -3.58. The molecule has 0 aliphatic carbocycles. The topological polar surface area (TPSA) is 147 Å². The Morgan fingerprint density at radius 2 is 1.80 bits per heavy atom. The molecule has 2 aromatic rings. The number of sulfone groups is 1. The number of aromatic amines is 1. The highest BCUT2D eigenvalue weighted by Gasteiger charge is 2.35. The second kappa shape index (κ2) is 9.86. The Balaban J connectivity index is 2.26. The van der Waals surface area contributed by atoms with E-state index in [0.717, 1.165) is 5.56 Å². The summed E-state index contributed by atoms with van der Waals surface area (Å²) in [6.07, 6.45) is 3.40. The van der Waals surface area contributed by atoms with E-state index in [4.69, 9.17) is 5.84 Å². The number of benzene rings is 1. The smallest absolute Gasteiger partial charge is 0.256 e. The van der Waals surface area contributed by atoms with E-state index in [1.807, 2.05) is 35.8 Å². The minimum Gasteiger partial charge on any atom is -0.351 e. The summed E-state index contributed by atoms with van der Waals surface area (Å²) >= 11 is 0. The molecule has 2 rings (SSSR count). The van der Waals surface area contributed by atoms with E-state index < -0.39 is 38.4 Å². The highest BCUT2D eigenvalue weighted by Crippen LogP contribution is 2.21. The number of nitrogens with one attached hydrogen (secondary N) is 3. The van der Waals surface area contributed by atoms with Gasteiger partial charge in [-0.1, -0.05) is 30.3 Å². The number of rotatable bonds is 9. The molecule has 9 nitrogen and oxygen atoms in total. The van der Waals surface area contributed by atoms with Crippen LogP contribution in [0, 0.1) is 5.92 Å². The number of imidazole rings is 1. The van der Waals surface area contributed by atoms with E-state index in [1.54, 1.807) is 27.0 Å². The Bertz CT molecular complexity index is 937. The zero-order chi connectivity index (χ0) is 22.4. The van der Waals surface area contributed by atoms with Crippen LogP contribution in [0.4, 0.5) is 0 Å². The van der Waals surface area contributed by atoms with Crippen LogP contribution in [-0.4, -0.2) is 46.7 Å². The minimum absolute atomic E-state index is 0.113. The van der Waals surface area contributed by atoms with Gasteiger partial charge in [0.1, 0.15) is 6.04 Å². The number of hydrogen-bond donors (Lipinski definition) is 4. The number of hydrogen-bond acceptors (Lipinski definition) is 6. The van der Waals surface area contributed by atoms with Gasteiger partial charge in [0.15, 0.2) is 9.84 Å². The first kappa shape index (κ1) is 23.6. The molecule has 0 aliphatic rings. The third-order valence-corrected chi connectivity index (χ3v) is 7.50. The third kappa shape index (κ3) is 6.39. The maximum Gasteiger partial charge on any atom is 0.256 e. The lowest BCUT2D eigenvalue weighted by molar-refractivity contribution is -0.130. The van der Waals surface area contributed by atoms with Crippen molar-refractivity contribution in [3.05, 3.63) is 54.1 Å². The molecule has 10 heteroatoms. The summed E-state index contributed by atoms with van der Waals surface area (Å²) in [6.45, 7) is 4.80. The van der Waals surface area contributed by atoms with E-state index in [1.165, 1.54) is 6.33 Å². The highest BCUT2D eigenvalue weighted by atomic mass is 32.2. The Morgan fingerprint density at radius 1 is 1.13 bits per heavy atom. The predicted octanol–water partition coefficient (Wildman–Crippen LogP) is 0.499. The normalized spacial score (nSPS) is 14.0. The molecule has 2 amide bonds. The lowest BCUT2D eigenvalue weighted by atomic mass is 9.99. The average Bonchev–Trinajstić information content (AvgIpc) is 3.19. The van der Waals surface area contributed by atoms with Crippen molar-refractivity contribution in [2.45, 2.75) is 44.4 Å². The van der Waals surface area contributed by atoms with Gasteiger partial charge in [0.2, 0.25) is 5.91 Å². The van der Waals surface area contributed by atoms with Crippen molar-refractivity contribution in [1.29, 1.82) is 0 Å². The number of nitrogens with two attached hydrogens (primary N) is 1. The summed E-state index contributed by atoms with van der Waals surface area (Å²) in [5.41, 5.74) is 3.42. The van der Waals surface area contributed by atoms with Gasteiger partial charge in [0.05, 0.1) is 28.4 Å². The van der Waals surface area contributed by atoms with Gasteiger partial charge in [-0.05, 0) is 32.8 Å². The van der Waals surface area contributed by atoms with Crippen molar-refractivity contribution in [3.63, 3.8) is 0 Å². The minimum atomic E-state index is -3.58. The Kier molecular flexibility index (Phi) is 7.74. The van der Waals surface area contributed by atoms with Crippen molar-refractivity contribution >= 4 is 21.7 Å². The summed E-state index contributed by atoms with van der Waals surface area (Å²) in [6, 6.07) is 8.17. The van der Waals surface area contributed by atoms with Crippen molar-refractivity contribution in [3.8, 4) is 0 Å². The van der Waals surface area contributed by atoms with Crippen LogP contribution < -0.4 is 16.6 Å². The fourth-order valence-corrected chi connectivity index (χ4v) is 4.15. The van der Waals surface area contributed by atoms with Gasteiger partial charge in [-0.15, -0.1) is 0 Å². The third-order valence-electron chi connectivity index (χ3n) is 4.79. The molecule has 1 aromatic carbocycles. The summed E-state index contributed by atoms with van der Waals surface area (Å²) in [5.74, 6) is 2.93. The molecule has 0 spiro atoms. The molecule has 1 unspecified atom stereocenters. The van der Waals surface area contributed by atoms with Crippen molar-refractivity contribution in [2.75, 3.05) is 5.75 Å². The number of amides is 2. The molecule has 0 radical (unpaired) electrons. The number of nitrogens with zero attached hydrogens (tertiary/aromatic N) is 1. The highest BCUT2D eigenvalue weighted by molar-refractivity contribution is 7.92. The van der Waals surface area contributed by atoms with Crippen molar-refractivity contribution in [2.24, 2.45) is 11.8 Å². The number of hydrazine groups is 1. The second-order valence-corrected chi connectivity index (χ2v) is 10.9. The molecule has 30 heavy (non-hydrogen) atoms. The Labute approximate surface area is 176 Å². The molecule has 0 aliphatic heterocycles. The number of aromatic nitrogens is 2. The van der Waals surface area contributed by atoms with Crippen LogP contribution in [-0.2, 0) is 32.3 Å². The number of H-pyrrole nitrogens is 1. The van der Waals surface area contributed by atoms with Gasteiger partial charge < -0.3 is 10.3 Å². The first-order valence-electron chi connectivity index (χ1n) is 9.58. The SMILES string of the molecule is CC(C)(C)S(=O)(=O)CC(Cc1ccccc1)C(=O)N[C@@H](Cc1c[nH]cn1)C(=O)NN. The first-order chi connectivity index (χ1) is 14.0. The quantitative estimate of drug-likeness (QED) is 0.256. The van der Waals surface area contributed by atoms with Crippen LogP contribution in [0.2, 0.25) is 0 Å². The summed E-state index contributed by atoms with van der Waals surface area (Å²) in [4.78, 5) is 32.1. The number of carbonyl (C=O) groups excluding carboxylic acids is 2. The molecular weight excluding hydrogens is 406 g/mol. The van der Waals surface area contributed by atoms with Crippen LogP contribution in [0.1, 0.15) is 32.0 Å². The maximum atomic E-state index is 13.1.